The third kappa shape index (κ3) is 8.66. The van der Waals surface area contributed by atoms with Crippen LogP contribution >= 0.6 is 23.3 Å². The van der Waals surface area contributed by atoms with Crippen molar-refractivity contribution in [1.82, 2.24) is 4.90 Å². The van der Waals surface area contributed by atoms with E-state index in [-0.39, 0.29) is 0 Å². The number of rotatable bonds is 3. The highest BCUT2D eigenvalue weighted by molar-refractivity contribution is 8.59. The van der Waals surface area contributed by atoms with Crippen LogP contribution in [0.1, 0.15) is 20.8 Å². The molecule has 58 valence electrons. The molecule has 9 heavy (non-hydrogen) atoms. The lowest BCUT2D eigenvalue weighted by Gasteiger charge is -2.13. The van der Waals surface area contributed by atoms with Gasteiger partial charge in [-0.3, -0.25) is 0 Å². The van der Waals surface area contributed by atoms with E-state index in [2.05, 4.69) is 49.0 Å². The summed E-state index contributed by atoms with van der Waals surface area (Å²) in [5, 5.41) is 0. The van der Waals surface area contributed by atoms with Gasteiger partial charge in [-0.15, -0.1) is 23.3 Å². The van der Waals surface area contributed by atoms with Crippen molar-refractivity contribution < 1.29 is 0 Å². The quantitative estimate of drug-likeness (QED) is 0.481. The molecule has 1 nitrogen and oxygen atoms in total. The van der Waals surface area contributed by atoms with Crippen molar-refractivity contribution in [1.29, 1.82) is 0 Å². The third-order valence-corrected chi connectivity index (χ3v) is 1.34. The van der Waals surface area contributed by atoms with Gasteiger partial charge in [0, 0.05) is 0 Å². The molecule has 0 saturated heterocycles. The van der Waals surface area contributed by atoms with Gasteiger partial charge in [0.1, 0.15) is 0 Å². The normalized spacial score (nSPS) is 8.67. The van der Waals surface area contributed by atoms with Gasteiger partial charge in [-0.25, -0.2) is 0 Å². The summed E-state index contributed by atoms with van der Waals surface area (Å²) >= 11 is 6.44. The lowest BCUT2D eigenvalue weighted by atomic mass is 10.5. The fourth-order valence-electron chi connectivity index (χ4n) is 0.671. The molecule has 0 aliphatic rings. The Kier molecular flexibility index (Phi) is 15.7. The third-order valence-electron chi connectivity index (χ3n) is 1.34. The summed E-state index contributed by atoms with van der Waals surface area (Å²) in [7, 11) is 0. The summed E-state index contributed by atoms with van der Waals surface area (Å²) in [5.41, 5.74) is 0. The molecule has 0 unspecified atom stereocenters. The van der Waals surface area contributed by atoms with Gasteiger partial charge in [-0.1, -0.05) is 20.8 Å². The van der Waals surface area contributed by atoms with Gasteiger partial charge in [0.2, 0.25) is 0 Å². The first-order valence-corrected chi connectivity index (χ1v) is 4.87. The first-order valence-electron chi connectivity index (χ1n) is 3.27. The van der Waals surface area contributed by atoms with Crippen LogP contribution in [0.5, 0.6) is 0 Å². The van der Waals surface area contributed by atoms with E-state index in [1.165, 1.54) is 19.6 Å². The van der Waals surface area contributed by atoms with E-state index in [0.29, 0.717) is 0 Å². The van der Waals surface area contributed by atoms with Crippen LogP contribution in [-0.4, -0.2) is 24.5 Å². The Morgan fingerprint density at radius 1 is 0.889 bits per heavy atom. The monoisotopic (exact) mass is 167 g/mol. The molecule has 0 aliphatic heterocycles. The Balaban J connectivity index is 0. The van der Waals surface area contributed by atoms with Gasteiger partial charge in [0.05, 0.1) is 0 Å². The highest BCUT2D eigenvalue weighted by Gasteiger charge is 1.89. The molecule has 0 spiro atoms. The minimum absolute atomic E-state index is 1.19. The Morgan fingerprint density at radius 3 is 1.11 bits per heavy atom. The van der Waals surface area contributed by atoms with Crippen LogP contribution in [0.2, 0.25) is 0 Å². The van der Waals surface area contributed by atoms with Crippen LogP contribution in [0.25, 0.3) is 0 Å². The molecule has 3 heteroatoms. The second-order valence-electron chi connectivity index (χ2n) is 1.62. The molecule has 0 heterocycles. The van der Waals surface area contributed by atoms with Gasteiger partial charge in [0.15, 0.2) is 0 Å². The van der Waals surface area contributed by atoms with Crippen molar-refractivity contribution in [2.24, 2.45) is 0 Å². The Morgan fingerprint density at radius 2 is 1.11 bits per heavy atom. The first-order chi connectivity index (χ1) is 4.35. The van der Waals surface area contributed by atoms with E-state index in [1.807, 2.05) is 0 Å². The van der Waals surface area contributed by atoms with E-state index in [1.54, 1.807) is 0 Å². The summed E-state index contributed by atoms with van der Waals surface area (Å²) in [4.78, 5) is 2.38. The van der Waals surface area contributed by atoms with Gasteiger partial charge in [-0.2, -0.15) is 0 Å². The van der Waals surface area contributed by atoms with Crippen molar-refractivity contribution in [3.63, 3.8) is 0 Å². The molecule has 0 bridgehead atoms. The molecular weight excluding hydrogens is 150 g/mol. The minimum Gasteiger partial charge on any atom is -0.304 e. The van der Waals surface area contributed by atoms with Crippen molar-refractivity contribution >= 4 is 23.3 Å². The summed E-state index contributed by atoms with van der Waals surface area (Å²) in [6.45, 7) is 10.1. The first kappa shape index (κ1) is 12.3. The minimum atomic E-state index is 1.19. The Bertz CT molecular complexity index is 32.5. The standard InChI is InChI=1S/C6H15N.H2S2/c1-4-7(5-2)6-3;1-2/h4-6H2,1-3H3;1-2H. The Labute approximate surface area is 69.0 Å². The Hall–Kier alpha value is 0.660. The van der Waals surface area contributed by atoms with Crippen molar-refractivity contribution in [2.75, 3.05) is 19.6 Å². The van der Waals surface area contributed by atoms with Crippen LogP contribution in [0.4, 0.5) is 0 Å². The fourth-order valence-corrected chi connectivity index (χ4v) is 0.671. The smallest absolute Gasteiger partial charge is 0.00474 e. The zero-order valence-electron chi connectivity index (χ0n) is 6.46. The van der Waals surface area contributed by atoms with Gasteiger partial charge in [-0.05, 0) is 19.6 Å². The van der Waals surface area contributed by atoms with Gasteiger partial charge >= 0.3 is 0 Å². The van der Waals surface area contributed by atoms with E-state index in [4.69, 9.17) is 0 Å². The molecule has 0 aliphatic carbocycles. The number of hydrogen-bond acceptors (Lipinski definition) is 3. The van der Waals surface area contributed by atoms with Crippen LogP contribution in [0, 0.1) is 0 Å². The number of nitrogens with zero attached hydrogens (tertiary/aromatic N) is 1. The summed E-state index contributed by atoms with van der Waals surface area (Å²) in [5.74, 6) is 0. The molecule has 0 atom stereocenters. The maximum Gasteiger partial charge on any atom is -0.00474 e. The van der Waals surface area contributed by atoms with Gasteiger partial charge < -0.3 is 4.90 Å². The average molecular weight is 167 g/mol. The van der Waals surface area contributed by atoms with Crippen LogP contribution in [0.15, 0.2) is 0 Å². The molecule has 0 radical (unpaired) electrons. The van der Waals surface area contributed by atoms with E-state index < -0.39 is 0 Å². The molecule has 0 aromatic rings. The van der Waals surface area contributed by atoms with Crippen molar-refractivity contribution in [3.05, 3.63) is 0 Å². The van der Waals surface area contributed by atoms with E-state index in [0.717, 1.165) is 0 Å². The predicted molar refractivity (Wildman–Crippen MR) is 51.4 cm³/mol. The van der Waals surface area contributed by atoms with Crippen molar-refractivity contribution in [2.45, 2.75) is 20.8 Å². The number of thiol groups is 2. The second kappa shape index (κ2) is 11.5. The van der Waals surface area contributed by atoms with Crippen LogP contribution < -0.4 is 0 Å². The zero-order valence-corrected chi connectivity index (χ0v) is 8.25. The second-order valence-corrected chi connectivity index (χ2v) is 1.62. The molecule has 0 aromatic heterocycles. The molecule has 0 rings (SSSR count). The predicted octanol–water partition coefficient (Wildman–Crippen LogP) is 2.11. The van der Waals surface area contributed by atoms with E-state index >= 15 is 0 Å². The SMILES string of the molecule is CCN(CC)CC.SS. The van der Waals surface area contributed by atoms with Crippen LogP contribution in [0.3, 0.4) is 0 Å². The lowest BCUT2D eigenvalue weighted by Crippen LogP contribution is -2.21. The molecule has 0 N–H and O–H groups in total. The zero-order chi connectivity index (χ0) is 7.70. The molecule has 0 fully saturated rings. The maximum absolute atomic E-state index is 3.22. The molecular formula is C6H17NS2. The molecule has 0 saturated carbocycles. The fraction of sp³-hybridized carbons (Fsp3) is 1.00. The largest absolute Gasteiger partial charge is 0.304 e. The lowest BCUT2D eigenvalue weighted by molar-refractivity contribution is 0.321. The van der Waals surface area contributed by atoms with Crippen molar-refractivity contribution in [3.8, 4) is 0 Å². The molecule has 0 aromatic carbocycles. The topological polar surface area (TPSA) is 3.24 Å². The van der Waals surface area contributed by atoms with E-state index in [9.17, 15) is 0 Å². The summed E-state index contributed by atoms with van der Waals surface area (Å²) in [6, 6.07) is 0. The summed E-state index contributed by atoms with van der Waals surface area (Å²) in [6.07, 6.45) is 0. The highest BCUT2D eigenvalue weighted by atomic mass is 33.1. The molecule has 0 amide bonds. The highest BCUT2D eigenvalue weighted by Crippen LogP contribution is 1.81. The maximum atomic E-state index is 3.22. The van der Waals surface area contributed by atoms with Gasteiger partial charge in [0.25, 0.3) is 0 Å². The van der Waals surface area contributed by atoms with Crippen LogP contribution in [-0.2, 0) is 0 Å². The number of hydrogen-bond donors (Lipinski definition) is 2. The summed E-state index contributed by atoms with van der Waals surface area (Å²) < 4.78 is 0. The average Bonchev–Trinajstić information content (AvgIpc) is 1.96.